The van der Waals surface area contributed by atoms with Gasteiger partial charge in [-0.15, -0.1) is 0 Å². The van der Waals surface area contributed by atoms with Crippen molar-refractivity contribution < 1.29 is 9.53 Å². The molecule has 2 N–H and O–H groups in total. The molecular formula is C20H31N5O4. The predicted octanol–water partition coefficient (Wildman–Crippen LogP) is 1.69. The number of hydrogen-bond donors (Lipinski definition) is 2. The van der Waals surface area contributed by atoms with Crippen LogP contribution in [0, 0.1) is 5.92 Å². The van der Waals surface area contributed by atoms with Crippen LogP contribution in [-0.4, -0.2) is 44.9 Å². The molecule has 2 aromatic heterocycles. The Morgan fingerprint density at radius 1 is 1.28 bits per heavy atom. The average Bonchev–Trinajstić information content (AvgIpc) is 3.09. The highest BCUT2D eigenvalue weighted by atomic mass is 16.6. The molecular weight excluding hydrogens is 374 g/mol. The van der Waals surface area contributed by atoms with Gasteiger partial charge in [0, 0.05) is 39.3 Å². The first kappa shape index (κ1) is 21.0. The van der Waals surface area contributed by atoms with Gasteiger partial charge in [-0.05, 0) is 46.5 Å². The van der Waals surface area contributed by atoms with E-state index in [-0.39, 0.29) is 23.2 Å². The summed E-state index contributed by atoms with van der Waals surface area (Å²) in [5.41, 5.74) is -0.195. The Labute approximate surface area is 169 Å². The first-order valence-corrected chi connectivity index (χ1v) is 10.0. The average molecular weight is 405 g/mol. The Morgan fingerprint density at radius 3 is 2.62 bits per heavy atom. The van der Waals surface area contributed by atoms with Crippen LogP contribution in [-0.2, 0) is 18.8 Å². The Bertz CT molecular complexity index is 1030. The molecule has 2 atom stereocenters. The number of anilines is 1. The third kappa shape index (κ3) is 4.33. The number of carbonyl (C=O) groups is 1. The minimum absolute atomic E-state index is 0.0470. The van der Waals surface area contributed by atoms with Gasteiger partial charge in [-0.2, -0.15) is 0 Å². The van der Waals surface area contributed by atoms with Gasteiger partial charge < -0.3 is 19.9 Å². The van der Waals surface area contributed by atoms with E-state index >= 15 is 0 Å². The van der Waals surface area contributed by atoms with Crippen molar-refractivity contribution in [3.63, 3.8) is 0 Å². The topological polar surface area (TPSA) is 101 Å². The second kappa shape index (κ2) is 7.61. The van der Waals surface area contributed by atoms with Gasteiger partial charge in [0.15, 0.2) is 0 Å². The summed E-state index contributed by atoms with van der Waals surface area (Å²) in [4.78, 5) is 42.1. The third-order valence-corrected chi connectivity index (χ3v) is 5.49. The summed E-state index contributed by atoms with van der Waals surface area (Å²) in [5, 5.41) is 2.94. The lowest BCUT2D eigenvalue weighted by Crippen LogP contribution is -2.47. The van der Waals surface area contributed by atoms with Gasteiger partial charge in [0.1, 0.15) is 16.9 Å². The van der Waals surface area contributed by atoms with Gasteiger partial charge in [0.2, 0.25) is 0 Å². The Balaban J connectivity index is 1.78. The molecule has 160 valence electrons. The lowest BCUT2D eigenvalue weighted by atomic mass is 9.91. The molecule has 1 saturated heterocycles. The highest BCUT2D eigenvalue weighted by Gasteiger charge is 2.28. The number of aromatic nitrogens is 3. The number of alkyl carbamates (subject to hydrolysis) is 1. The molecule has 1 amide bonds. The number of hydrogen-bond acceptors (Lipinski definition) is 5. The van der Waals surface area contributed by atoms with Crippen LogP contribution >= 0.6 is 0 Å². The Kier molecular flexibility index (Phi) is 5.51. The fraction of sp³-hybridized carbons (Fsp3) is 0.650. The molecule has 0 bridgehead atoms. The van der Waals surface area contributed by atoms with Crippen LogP contribution in [0.15, 0.2) is 15.7 Å². The number of H-pyrrole nitrogens is 1. The largest absolute Gasteiger partial charge is 0.444 e. The zero-order valence-corrected chi connectivity index (χ0v) is 18.0. The molecule has 1 aliphatic heterocycles. The number of ether oxygens (including phenoxy) is 1. The number of rotatable bonds is 3. The summed E-state index contributed by atoms with van der Waals surface area (Å²) in [6.07, 6.45) is 1.55. The maximum Gasteiger partial charge on any atom is 0.407 e. The van der Waals surface area contributed by atoms with Gasteiger partial charge in [-0.3, -0.25) is 13.9 Å². The van der Waals surface area contributed by atoms with Crippen LogP contribution in [0.3, 0.4) is 0 Å². The zero-order valence-electron chi connectivity index (χ0n) is 18.0. The van der Waals surface area contributed by atoms with Crippen LogP contribution in [0.1, 0.15) is 40.5 Å². The summed E-state index contributed by atoms with van der Waals surface area (Å²) in [6.45, 7) is 9.09. The quantitative estimate of drug-likeness (QED) is 0.809. The van der Waals surface area contributed by atoms with Crippen molar-refractivity contribution in [1.82, 2.24) is 19.4 Å². The number of nitrogens with zero attached hydrogens (tertiary/aromatic N) is 3. The van der Waals surface area contributed by atoms with Crippen LogP contribution in [0.5, 0.6) is 0 Å². The van der Waals surface area contributed by atoms with Gasteiger partial charge in [0.25, 0.3) is 5.56 Å². The number of nitrogens with one attached hydrogen (secondary N) is 2. The normalized spacial score (nSPS) is 18.7. The van der Waals surface area contributed by atoms with Crippen LogP contribution in [0.25, 0.3) is 11.0 Å². The van der Waals surface area contributed by atoms with E-state index < -0.39 is 11.7 Å². The summed E-state index contributed by atoms with van der Waals surface area (Å²) in [5.74, 6) is 1.06. The first-order chi connectivity index (χ1) is 13.5. The van der Waals surface area contributed by atoms with E-state index in [0.717, 1.165) is 36.3 Å². The molecule has 0 radical (unpaired) electrons. The molecule has 2 aromatic rings. The number of aromatic amines is 1. The minimum atomic E-state index is -0.533. The van der Waals surface area contributed by atoms with Crippen molar-refractivity contribution in [3.8, 4) is 0 Å². The molecule has 1 fully saturated rings. The molecule has 1 aliphatic rings. The van der Waals surface area contributed by atoms with Crippen LogP contribution < -0.4 is 21.5 Å². The number of aryl methyl sites for hydroxylation is 1. The van der Waals surface area contributed by atoms with Crippen molar-refractivity contribution in [1.29, 1.82) is 0 Å². The van der Waals surface area contributed by atoms with Crippen molar-refractivity contribution in [3.05, 3.63) is 26.9 Å². The summed E-state index contributed by atoms with van der Waals surface area (Å²) >= 11 is 0. The smallest absolute Gasteiger partial charge is 0.407 e. The van der Waals surface area contributed by atoms with E-state index in [1.165, 1.54) is 11.6 Å². The van der Waals surface area contributed by atoms with E-state index in [9.17, 15) is 14.4 Å². The fourth-order valence-corrected chi connectivity index (χ4v) is 3.86. The van der Waals surface area contributed by atoms with Gasteiger partial charge >= 0.3 is 11.8 Å². The number of carbonyl (C=O) groups excluding carboxylic acids is 1. The minimum Gasteiger partial charge on any atom is -0.444 e. The van der Waals surface area contributed by atoms with E-state index in [1.54, 1.807) is 7.05 Å². The Morgan fingerprint density at radius 2 is 1.97 bits per heavy atom. The zero-order chi connectivity index (χ0) is 21.5. The molecule has 9 nitrogen and oxygen atoms in total. The number of amides is 1. The molecule has 0 spiro atoms. The monoisotopic (exact) mass is 405 g/mol. The highest BCUT2D eigenvalue weighted by molar-refractivity contribution is 5.80. The number of fused-ring (bicyclic) bond motifs is 1. The van der Waals surface area contributed by atoms with E-state index in [0.29, 0.717) is 11.0 Å². The standard InChI is InChI=1S/C20H31N5O4/c1-12(21-18(27)29-20(2,3)4)13-8-7-9-25(11-13)15-10-14-16(22-15)17(26)24(6)19(28)23(14)5/h10,12-13,22H,7-9,11H2,1-6H3,(H,21,27). The van der Waals surface area contributed by atoms with E-state index in [4.69, 9.17) is 4.74 Å². The predicted molar refractivity (Wildman–Crippen MR) is 113 cm³/mol. The van der Waals surface area contributed by atoms with Gasteiger partial charge in [-0.1, -0.05) is 0 Å². The molecule has 0 saturated carbocycles. The maximum absolute atomic E-state index is 12.4. The molecule has 2 unspecified atom stereocenters. The first-order valence-electron chi connectivity index (χ1n) is 10.0. The highest BCUT2D eigenvalue weighted by Crippen LogP contribution is 2.26. The maximum atomic E-state index is 12.4. The van der Waals surface area contributed by atoms with Crippen LogP contribution in [0.4, 0.5) is 10.6 Å². The summed E-state index contributed by atoms with van der Waals surface area (Å²) in [6, 6.07) is 1.81. The molecule has 0 aliphatic carbocycles. The summed E-state index contributed by atoms with van der Waals surface area (Å²) in [7, 11) is 3.14. The van der Waals surface area contributed by atoms with E-state index in [1.807, 2.05) is 33.8 Å². The lowest BCUT2D eigenvalue weighted by Gasteiger charge is -2.36. The Hall–Kier alpha value is -2.71. The lowest BCUT2D eigenvalue weighted by molar-refractivity contribution is 0.0489. The van der Waals surface area contributed by atoms with Gasteiger partial charge in [0.05, 0.1) is 5.52 Å². The molecule has 3 rings (SSSR count). The molecule has 29 heavy (non-hydrogen) atoms. The van der Waals surface area contributed by atoms with Crippen molar-refractivity contribution in [2.75, 3.05) is 18.0 Å². The van der Waals surface area contributed by atoms with E-state index in [2.05, 4.69) is 15.2 Å². The fourth-order valence-electron chi connectivity index (χ4n) is 3.86. The molecule has 9 heteroatoms. The SMILES string of the molecule is CC(NC(=O)OC(C)(C)C)C1CCCN(c2cc3c([nH]2)c(=O)n(C)c(=O)n3C)C1. The van der Waals surface area contributed by atoms with Crippen molar-refractivity contribution >= 4 is 22.9 Å². The second-order valence-corrected chi connectivity index (χ2v) is 8.90. The second-order valence-electron chi connectivity index (χ2n) is 8.90. The third-order valence-electron chi connectivity index (χ3n) is 5.49. The van der Waals surface area contributed by atoms with Crippen molar-refractivity contribution in [2.24, 2.45) is 20.0 Å². The summed E-state index contributed by atoms with van der Waals surface area (Å²) < 4.78 is 7.94. The molecule has 3 heterocycles. The number of piperidine rings is 1. The van der Waals surface area contributed by atoms with Crippen LogP contribution in [0.2, 0.25) is 0 Å². The molecule has 0 aromatic carbocycles. The van der Waals surface area contributed by atoms with Crippen molar-refractivity contribution in [2.45, 2.75) is 52.2 Å². The van der Waals surface area contributed by atoms with Gasteiger partial charge in [-0.25, -0.2) is 9.59 Å².